The van der Waals surface area contributed by atoms with Gasteiger partial charge in [0, 0.05) is 5.56 Å². The molecule has 0 bridgehead atoms. The molecule has 128 valence electrons. The van der Waals surface area contributed by atoms with E-state index in [-0.39, 0.29) is 11.8 Å². The SMILES string of the molecule is Cc1cccc(C(=O)c2nn(C3CCCC3)c3nc(C)nc(N)c23)c1. The van der Waals surface area contributed by atoms with E-state index in [1.54, 1.807) is 6.07 Å². The maximum Gasteiger partial charge on any atom is 0.214 e. The Labute approximate surface area is 146 Å². The van der Waals surface area contributed by atoms with E-state index in [0.29, 0.717) is 33.9 Å². The number of aromatic nitrogens is 4. The van der Waals surface area contributed by atoms with Gasteiger partial charge in [0.15, 0.2) is 5.65 Å². The van der Waals surface area contributed by atoms with Crippen molar-refractivity contribution >= 4 is 22.6 Å². The number of hydrogen-bond acceptors (Lipinski definition) is 5. The van der Waals surface area contributed by atoms with Crippen LogP contribution in [0.1, 0.15) is 59.2 Å². The van der Waals surface area contributed by atoms with Gasteiger partial charge in [-0.2, -0.15) is 5.10 Å². The second kappa shape index (κ2) is 5.95. The van der Waals surface area contributed by atoms with Crippen LogP contribution in [-0.4, -0.2) is 25.5 Å². The number of rotatable bonds is 3. The van der Waals surface area contributed by atoms with Crippen LogP contribution in [0, 0.1) is 13.8 Å². The van der Waals surface area contributed by atoms with E-state index in [0.717, 1.165) is 18.4 Å². The van der Waals surface area contributed by atoms with E-state index in [4.69, 9.17) is 5.73 Å². The molecule has 25 heavy (non-hydrogen) atoms. The lowest BCUT2D eigenvalue weighted by Crippen LogP contribution is -2.09. The quantitative estimate of drug-likeness (QED) is 0.742. The summed E-state index contributed by atoms with van der Waals surface area (Å²) in [5.74, 6) is 0.783. The van der Waals surface area contributed by atoms with Crippen LogP contribution in [0.5, 0.6) is 0 Å². The van der Waals surface area contributed by atoms with Gasteiger partial charge in [0.05, 0.1) is 11.4 Å². The molecule has 0 saturated heterocycles. The largest absolute Gasteiger partial charge is 0.383 e. The minimum Gasteiger partial charge on any atom is -0.383 e. The van der Waals surface area contributed by atoms with Gasteiger partial charge < -0.3 is 5.73 Å². The lowest BCUT2D eigenvalue weighted by atomic mass is 10.0. The van der Waals surface area contributed by atoms with Gasteiger partial charge in [-0.1, -0.05) is 36.6 Å². The third-order valence-corrected chi connectivity index (χ3v) is 4.86. The Morgan fingerprint density at radius 3 is 2.68 bits per heavy atom. The van der Waals surface area contributed by atoms with Gasteiger partial charge in [-0.15, -0.1) is 0 Å². The highest BCUT2D eigenvalue weighted by Crippen LogP contribution is 2.34. The van der Waals surface area contributed by atoms with Crippen LogP contribution < -0.4 is 5.73 Å². The summed E-state index contributed by atoms with van der Waals surface area (Å²) < 4.78 is 1.90. The summed E-state index contributed by atoms with van der Waals surface area (Å²) in [6.07, 6.45) is 4.45. The van der Waals surface area contributed by atoms with E-state index in [1.165, 1.54) is 12.8 Å². The molecular weight excluding hydrogens is 314 g/mol. The summed E-state index contributed by atoms with van der Waals surface area (Å²) in [5, 5.41) is 5.24. The minimum absolute atomic E-state index is 0.135. The predicted octanol–water partition coefficient (Wildman–Crippen LogP) is 3.37. The first kappa shape index (κ1) is 15.7. The lowest BCUT2D eigenvalue weighted by molar-refractivity contribution is 0.103. The molecule has 4 rings (SSSR count). The Balaban J connectivity index is 1.93. The zero-order valence-electron chi connectivity index (χ0n) is 14.5. The number of carbonyl (C=O) groups excluding carboxylic acids is 1. The van der Waals surface area contributed by atoms with E-state index >= 15 is 0 Å². The number of nitrogen functional groups attached to an aromatic ring is 1. The van der Waals surface area contributed by atoms with Crippen molar-refractivity contribution in [2.75, 3.05) is 5.73 Å². The molecule has 0 radical (unpaired) electrons. The van der Waals surface area contributed by atoms with Crippen LogP contribution in [0.25, 0.3) is 11.0 Å². The maximum absolute atomic E-state index is 13.1. The summed E-state index contributed by atoms with van der Waals surface area (Å²) in [7, 11) is 0. The normalized spacial score (nSPS) is 15.1. The minimum atomic E-state index is -0.135. The zero-order chi connectivity index (χ0) is 17.6. The van der Waals surface area contributed by atoms with Gasteiger partial charge in [0.2, 0.25) is 5.78 Å². The first-order valence-electron chi connectivity index (χ1n) is 8.68. The van der Waals surface area contributed by atoms with Crippen molar-refractivity contribution in [2.24, 2.45) is 0 Å². The second-order valence-corrected chi connectivity index (χ2v) is 6.78. The van der Waals surface area contributed by atoms with E-state index in [9.17, 15) is 4.79 Å². The van der Waals surface area contributed by atoms with Crippen LogP contribution in [0.2, 0.25) is 0 Å². The van der Waals surface area contributed by atoms with E-state index in [2.05, 4.69) is 15.1 Å². The summed E-state index contributed by atoms with van der Waals surface area (Å²) in [4.78, 5) is 21.9. The molecule has 1 fully saturated rings. The fraction of sp³-hybridized carbons (Fsp3) is 0.368. The Morgan fingerprint density at radius 2 is 1.96 bits per heavy atom. The zero-order valence-corrected chi connectivity index (χ0v) is 14.5. The van der Waals surface area contributed by atoms with Gasteiger partial charge in [0.1, 0.15) is 17.3 Å². The summed E-state index contributed by atoms with van der Waals surface area (Å²) >= 11 is 0. The van der Waals surface area contributed by atoms with E-state index in [1.807, 2.05) is 36.7 Å². The number of carbonyl (C=O) groups is 1. The van der Waals surface area contributed by atoms with Crippen LogP contribution in [-0.2, 0) is 0 Å². The molecule has 2 N–H and O–H groups in total. The highest BCUT2D eigenvalue weighted by molar-refractivity contribution is 6.16. The standard InChI is InChI=1S/C19H21N5O/c1-11-6-5-7-13(10-11)17(25)16-15-18(20)21-12(2)22-19(15)24(23-16)14-8-3-4-9-14/h5-7,10,14H,3-4,8-9H2,1-2H3,(H2,20,21,22). The second-order valence-electron chi connectivity index (χ2n) is 6.78. The lowest BCUT2D eigenvalue weighted by Gasteiger charge is -2.10. The Hall–Kier alpha value is -2.76. The predicted molar refractivity (Wildman–Crippen MR) is 96.6 cm³/mol. The maximum atomic E-state index is 13.1. The summed E-state index contributed by atoms with van der Waals surface area (Å²) in [5.41, 5.74) is 8.83. The third kappa shape index (κ3) is 2.67. The number of aryl methyl sites for hydroxylation is 2. The average Bonchev–Trinajstić information content (AvgIpc) is 3.21. The van der Waals surface area contributed by atoms with Crippen molar-refractivity contribution in [3.63, 3.8) is 0 Å². The number of ketones is 1. The van der Waals surface area contributed by atoms with Crippen LogP contribution >= 0.6 is 0 Å². The molecule has 0 aliphatic heterocycles. The van der Waals surface area contributed by atoms with E-state index < -0.39 is 0 Å². The number of nitrogens with zero attached hydrogens (tertiary/aromatic N) is 4. The molecule has 1 aliphatic carbocycles. The molecular formula is C19H21N5O. The van der Waals surface area contributed by atoms with Gasteiger partial charge in [-0.05, 0) is 32.8 Å². The van der Waals surface area contributed by atoms with Crippen molar-refractivity contribution in [2.45, 2.75) is 45.6 Å². The van der Waals surface area contributed by atoms with Crippen molar-refractivity contribution in [1.29, 1.82) is 0 Å². The number of nitrogens with two attached hydrogens (primary N) is 1. The molecule has 2 heterocycles. The van der Waals surface area contributed by atoms with Crippen molar-refractivity contribution < 1.29 is 4.79 Å². The van der Waals surface area contributed by atoms with Crippen molar-refractivity contribution in [1.82, 2.24) is 19.7 Å². The number of benzene rings is 1. The fourth-order valence-corrected chi connectivity index (χ4v) is 3.66. The molecule has 1 saturated carbocycles. The number of fused-ring (bicyclic) bond motifs is 1. The monoisotopic (exact) mass is 335 g/mol. The van der Waals surface area contributed by atoms with Gasteiger partial charge in [-0.3, -0.25) is 4.79 Å². The first-order valence-corrected chi connectivity index (χ1v) is 8.68. The first-order chi connectivity index (χ1) is 12.0. The molecule has 2 aromatic heterocycles. The molecule has 0 spiro atoms. The smallest absolute Gasteiger partial charge is 0.214 e. The molecule has 1 aliphatic rings. The number of anilines is 1. The Morgan fingerprint density at radius 1 is 1.20 bits per heavy atom. The van der Waals surface area contributed by atoms with Crippen LogP contribution in [0.4, 0.5) is 5.82 Å². The van der Waals surface area contributed by atoms with Crippen LogP contribution in [0.3, 0.4) is 0 Å². The Bertz CT molecular complexity index is 969. The highest BCUT2D eigenvalue weighted by Gasteiger charge is 2.27. The fourth-order valence-electron chi connectivity index (χ4n) is 3.66. The van der Waals surface area contributed by atoms with Crippen molar-refractivity contribution in [3.05, 3.63) is 46.9 Å². The molecule has 6 heteroatoms. The molecule has 0 amide bonds. The third-order valence-electron chi connectivity index (χ3n) is 4.86. The van der Waals surface area contributed by atoms with Crippen molar-refractivity contribution in [3.8, 4) is 0 Å². The Kier molecular flexibility index (Phi) is 3.75. The molecule has 3 aromatic rings. The van der Waals surface area contributed by atoms with Gasteiger partial charge >= 0.3 is 0 Å². The van der Waals surface area contributed by atoms with Crippen LogP contribution in [0.15, 0.2) is 24.3 Å². The highest BCUT2D eigenvalue weighted by atomic mass is 16.1. The summed E-state index contributed by atoms with van der Waals surface area (Å²) in [6, 6.07) is 7.79. The molecule has 0 unspecified atom stereocenters. The van der Waals surface area contributed by atoms with Gasteiger partial charge in [-0.25, -0.2) is 14.6 Å². The molecule has 0 atom stereocenters. The van der Waals surface area contributed by atoms with Gasteiger partial charge in [0.25, 0.3) is 0 Å². The summed E-state index contributed by atoms with van der Waals surface area (Å²) in [6.45, 7) is 3.77. The molecule has 1 aromatic carbocycles. The topological polar surface area (TPSA) is 86.7 Å². The molecule has 6 nitrogen and oxygen atoms in total. The average molecular weight is 335 g/mol. The number of hydrogen-bond donors (Lipinski definition) is 1.